The molecular formula is C22H29N3O3S. The molecule has 1 aliphatic rings. The van der Waals surface area contributed by atoms with Gasteiger partial charge >= 0.3 is 0 Å². The molecule has 1 saturated heterocycles. The van der Waals surface area contributed by atoms with Crippen LogP contribution in [0.2, 0.25) is 0 Å². The van der Waals surface area contributed by atoms with Gasteiger partial charge in [0.25, 0.3) is 0 Å². The zero-order valence-corrected chi connectivity index (χ0v) is 17.9. The first-order valence-electron chi connectivity index (χ1n) is 9.95. The number of sulfonamides is 1. The third-order valence-electron chi connectivity index (χ3n) is 5.33. The van der Waals surface area contributed by atoms with Crippen molar-refractivity contribution in [2.45, 2.75) is 25.8 Å². The molecule has 1 N–H and O–H groups in total. The van der Waals surface area contributed by atoms with E-state index in [1.165, 1.54) is 4.31 Å². The molecule has 1 amide bonds. The Morgan fingerprint density at radius 3 is 2.31 bits per heavy atom. The van der Waals surface area contributed by atoms with E-state index in [1.54, 1.807) is 12.1 Å². The average molecular weight is 416 g/mol. The predicted molar refractivity (Wildman–Crippen MR) is 116 cm³/mol. The quantitative estimate of drug-likeness (QED) is 0.720. The van der Waals surface area contributed by atoms with Gasteiger partial charge in [0.05, 0.1) is 18.0 Å². The molecule has 0 saturated carbocycles. The van der Waals surface area contributed by atoms with Crippen LogP contribution in [0.4, 0.5) is 5.69 Å². The lowest BCUT2D eigenvalue weighted by atomic mass is 10.1. The number of nitrogens with one attached hydrogen (secondary N) is 1. The summed E-state index contributed by atoms with van der Waals surface area (Å²) < 4.78 is 25.8. The normalized spacial score (nSPS) is 15.8. The summed E-state index contributed by atoms with van der Waals surface area (Å²) in [7, 11) is -3.58. The highest BCUT2D eigenvalue weighted by molar-refractivity contribution is 7.92. The van der Waals surface area contributed by atoms with Gasteiger partial charge in [0.15, 0.2) is 0 Å². The van der Waals surface area contributed by atoms with Crippen LogP contribution in [0.3, 0.4) is 0 Å². The molecule has 0 radical (unpaired) electrons. The Balaban J connectivity index is 1.71. The van der Waals surface area contributed by atoms with Crippen molar-refractivity contribution in [1.82, 2.24) is 10.2 Å². The minimum atomic E-state index is -3.58. The van der Waals surface area contributed by atoms with Crippen LogP contribution in [0.1, 0.15) is 30.0 Å². The van der Waals surface area contributed by atoms with Crippen LogP contribution in [0.5, 0.6) is 0 Å². The van der Waals surface area contributed by atoms with Gasteiger partial charge in [-0.2, -0.15) is 0 Å². The summed E-state index contributed by atoms with van der Waals surface area (Å²) >= 11 is 0. The molecule has 1 atom stereocenters. The second-order valence-corrected chi connectivity index (χ2v) is 9.44. The highest BCUT2D eigenvalue weighted by Crippen LogP contribution is 2.25. The fraction of sp³-hybridized carbons (Fsp3) is 0.409. The lowest BCUT2D eigenvalue weighted by Gasteiger charge is -2.29. The monoisotopic (exact) mass is 415 g/mol. The number of para-hydroxylation sites is 1. The fourth-order valence-electron chi connectivity index (χ4n) is 3.81. The molecule has 0 aromatic heterocycles. The Kier molecular flexibility index (Phi) is 6.92. The van der Waals surface area contributed by atoms with Gasteiger partial charge in [0, 0.05) is 6.54 Å². The molecule has 6 nitrogen and oxygen atoms in total. The lowest BCUT2D eigenvalue weighted by Crippen LogP contribution is -2.43. The predicted octanol–water partition coefficient (Wildman–Crippen LogP) is 2.71. The van der Waals surface area contributed by atoms with Crippen molar-refractivity contribution >= 4 is 21.6 Å². The molecule has 29 heavy (non-hydrogen) atoms. The summed E-state index contributed by atoms with van der Waals surface area (Å²) in [6.07, 6.45) is 3.45. The summed E-state index contributed by atoms with van der Waals surface area (Å²) in [5.74, 6) is -0.307. The Labute approximate surface area is 173 Å². The molecule has 1 unspecified atom stereocenters. The topological polar surface area (TPSA) is 69.7 Å². The number of nitrogens with zero attached hydrogens (tertiary/aromatic N) is 2. The SMILES string of the molecule is Cc1ccccc1N(CC(=O)NCC(c1ccccc1)N1CCCC1)S(C)(=O)=O. The van der Waals surface area contributed by atoms with E-state index in [9.17, 15) is 13.2 Å². The van der Waals surface area contributed by atoms with Crippen LogP contribution in [0, 0.1) is 6.92 Å². The Hall–Kier alpha value is -2.38. The van der Waals surface area contributed by atoms with Crippen molar-refractivity contribution in [3.8, 4) is 0 Å². The molecular weight excluding hydrogens is 386 g/mol. The van der Waals surface area contributed by atoms with Gasteiger partial charge in [-0.05, 0) is 50.0 Å². The van der Waals surface area contributed by atoms with E-state index < -0.39 is 10.0 Å². The number of hydrogen-bond acceptors (Lipinski definition) is 4. The molecule has 3 rings (SSSR count). The highest BCUT2D eigenvalue weighted by Gasteiger charge is 2.26. The molecule has 7 heteroatoms. The fourth-order valence-corrected chi connectivity index (χ4v) is 4.72. The summed E-state index contributed by atoms with van der Waals surface area (Å²) in [5.41, 5.74) is 2.50. The number of amides is 1. The van der Waals surface area contributed by atoms with Crippen LogP contribution in [0.25, 0.3) is 0 Å². The molecule has 2 aromatic rings. The number of aryl methyl sites for hydroxylation is 1. The zero-order valence-electron chi connectivity index (χ0n) is 17.0. The lowest BCUT2D eigenvalue weighted by molar-refractivity contribution is -0.119. The van der Waals surface area contributed by atoms with Crippen molar-refractivity contribution in [2.75, 3.05) is 36.7 Å². The summed E-state index contributed by atoms with van der Waals surface area (Å²) in [4.78, 5) is 15.1. The van der Waals surface area contributed by atoms with Crippen molar-refractivity contribution < 1.29 is 13.2 Å². The highest BCUT2D eigenvalue weighted by atomic mass is 32.2. The number of anilines is 1. The second-order valence-electron chi connectivity index (χ2n) is 7.53. The van der Waals surface area contributed by atoms with Crippen LogP contribution >= 0.6 is 0 Å². The number of likely N-dealkylation sites (tertiary alicyclic amines) is 1. The van der Waals surface area contributed by atoms with Gasteiger partial charge in [0.2, 0.25) is 15.9 Å². The van der Waals surface area contributed by atoms with Crippen LogP contribution < -0.4 is 9.62 Å². The molecule has 1 heterocycles. The maximum absolute atomic E-state index is 12.7. The summed E-state index contributed by atoms with van der Waals surface area (Å²) in [5, 5.41) is 2.96. The van der Waals surface area contributed by atoms with Gasteiger partial charge < -0.3 is 5.32 Å². The van der Waals surface area contributed by atoms with E-state index in [4.69, 9.17) is 0 Å². The smallest absolute Gasteiger partial charge is 0.240 e. The summed E-state index contributed by atoms with van der Waals surface area (Å²) in [6, 6.07) is 17.4. The molecule has 0 bridgehead atoms. The van der Waals surface area contributed by atoms with E-state index in [2.05, 4.69) is 22.3 Å². The first-order chi connectivity index (χ1) is 13.9. The molecule has 1 aliphatic heterocycles. The van der Waals surface area contributed by atoms with E-state index in [0.29, 0.717) is 12.2 Å². The van der Waals surface area contributed by atoms with E-state index >= 15 is 0 Å². The third-order valence-corrected chi connectivity index (χ3v) is 6.46. The minimum Gasteiger partial charge on any atom is -0.353 e. The maximum atomic E-state index is 12.7. The second kappa shape index (κ2) is 9.41. The minimum absolute atomic E-state index is 0.0906. The first kappa shape index (κ1) is 21.3. The van der Waals surface area contributed by atoms with Gasteiger partial charge in [0.1, 0.15) is 6.54 Å². The number of carbonyl (C=O) groups is 1. The molecule has 0 spiro atoms. The molecule has 0 aliphatic carbocycles. The third kappa shape index (κ3) is 5.58. The number of rotatable bonds is 8. The van der Waals surface area contributed by atoms with Crippen molar-refractivity contribution in [3.05, 3.63) is 65.7 Å². The van der Waals surface area contributed by atoms with Gasteiger partial charge in [-0.15, -0.1) is 0 Å². The average Bonchev–Trinajstić information content (AvgIpc) is 3.21. The van der Waals surface area contributed by atoms with E-state index in [0.717, 1.165) is 43.3 Å². The van der Waals surface area contributed by atoms with E-state index in [1.807, 2.05) is 37.3 Å². The maximum Gasteiger partial charge on any atom is 0.240 e. The van der Waals surface area contributed by atoms with Crippen LogP contribution in [0.15, 0.2) is 54.6 Å². The Bertz CT molecular complexity index is 925. The first-order valence-corrected chi connectivity index (χ1v) is 11.8. The van der Waals surface area contributed by atoms with Crippen molar-refractivity contribution in [1.29, 1.82) is 0 Å². The number of carbonyl (C=O) groups excluding carboxylic acids is 1. The standard InChI is InChI=1S/C22H29N3O3S/c1-18-10-6-7-13-20(18)25(29(2,27)28)17-22(26)23-16-21(24-14-8-9-15-24)19-11-4-3-5-12-19/h3-7,10-13,21H,8-9,14-17H2,1-2H3,(H,23,26). The van der Waals surface area contributed by atoms with Crippen LogP contribution in [-0.2, 0) is 14.8 Å². The number of benzene rings is 2. The van der Waals surface area contributed by atoms with Crippen molar-refractivity contribution in [3.63, 3.8) is 0 Å². The van der Waals surface area contributed by atoms with Gasteiger partial charge in [-0.1, -0.05) is 48.5 Å². The molecule has 2 aromatic carbocycles. The van der Waals surface area contributed by atoms with Crippen molar-refractivity contribution in [2.24, 2.45) is 0 Å². The summed E-state index contributed by atoms with van der Waals surface area (Å²) in [6.45, 7) is 4.08. The van der Waals surface area contributed by atoms with E-state index in [-0.39, 0.29) is 18.5 Å². The Morgan fingerprint density at radius 1 is 1.07 bits per heavy atom. The van der Waals surface area contributed by atoms with Gasteiger partial charge in [-0.3, -0.25) is 14.0 Å². The molecule has 1 fully saturated rings. The Morgan fingerprint density at radius 2 is 1.69 bits per heavy atom. The largest absolute Gasteiger partial charge is 0.353 e. The zero-order chi connectivity index (χ0) is 20.9. The van der Waals surface area contributed by atoms with Crippen LogP contribution in [-0.4, -0.2) is 51.7 Å². The number of hydrogen-bond donors (Lipinski definition) is 1. The van der Waals surface area contributed by atoms with Gasteiger partial charge in [-0.25, -0.2) is 8.42 Å². The molecule has 156 valence electrons.